The van der Waals surface area contributed by atoms with Crippen LogP contribution in [0.15, 0.2) is 24.3 Å². The molecule has 5 heteroatoms. The Balaban J connectivity index is 1.56. The summed E-state index contributed by atoms with van der Waals surface area (Å²) in [5.74, 6) is 0.680. The molecule has 0 aromatic heterocycles. The molecule has 2 aliphatic heterocycles. The molecular formula is C17H23ClN2O2. The van der Waals surface area contributed by atoms with Crippen molar-refractivity contribution in [2.45, 2.75) is 24.9 Å². The number of rotatable bonds is 3. The quantitative estimate of drug-likeness (QED) is 0.927. The first kappa shape index (κ1) is 15.8. The van der Waals surface area contributed by atoms with E-state index in [-0.39, 0.29) is 5.91 Å². The Morgan fingerprint density at radius 2 is 1.91 bits per heavy atom. The lowest BCUT2D eigenvalue weighted by molar-refractivity contribution is -0.126. The largest absolute Gasteiger partial charge is 0.385 e. The molecule has 1 atom stereocenters. The van der Waals surface area contributed by atoms with Gasteiger partial charge in [-0.05, 0) is 36.5 Å². The van der Waals surface area contributed by atoms with E-state index < -0.39 is 5.60 Å². The fraction of sp³-hybridized carbons (Fsp3) is 0.588. The molecule has 3 rings (SSSR count). The molecule has 0 bridgehead atoms. The van der Waals surface area contributed by atoms with Gasteiger partial charge in [-0.2, -0.15) is 0 Å². The van der Waals surface area contributed by atoms with Crippen molar-refractivity contribution in [3.63, 3.8) is 0 Å². The molecule has 2 fully saturated rings. The molecular weight excluding hydrogens is 300 g/mol. The van der Waals surface area contributed by atoms with Crippen molar-refractivity contribution in [3.05, 3.63) is 34.9 Å². The van der Waals surface area contributed by atoms with Crippen LogP contribution in [0.1, 0.15) is 24.8 Å². The molecule has 1 aromatic carbocycles. The predicted octanol–water partition coefficient (Wildman–Crippen LogP) is 2.10. The second kappa shape index (κ2) is 6.19. The van der Waals surface area contributed by atoms with Crippen LogP contribution in [-0.2, 0) is 10.4 Å². The Labute approximate surface area is 136 Å². The van der Waals surface area contributed by atoms with E-state index in [1.807, 2.05) is 36.2 Å². The van der Waals surface area contributed by atoms with E-state index in [9.17, 15) is 9.90 Å². The normalized spacial score (nSPS) is 25.7. The highest BCUT2D eigenvalue weighted by molar-refractivity contribution is 6.30. The van der Waals surface area contributed by atoms with Crippen LogP contribution in [-0.4, -0.2) is 54.0 Å². The second-order valence-corrected chi connectivity index (χ2v) is 7.12. The van der Waals surface area contributed by atoms with Crippen molar-refractivity contribution in [1.29, 1.82) is 0 Å². The third-order valence-electron chi connectivity index (χ3n) is 5.00. The Morgan fingerprint density at radius 1 is 1.27 bits per heavy atom. The summed E-state index contributed by atoms with van der Waals surface area (Å²) in [4.78, 5) is 15.8. The first-order chi connectivity index (χ1) is 10.5. The average molecular weight is 323 g/mol. The van der Waals surface area contributed by atoms with Gasteiger partial charge in [0.05, 0.1) is 5.60 Å². The molecule has 1 aromatic rings. The summed E-state index contributed by atoms with van der Waals surface area (Å²) in [5, 5.41) is 11.6. The topological polar surface area (TPSA) is 43.8 Å². The summed E-state index contributed by atoms with van der Waals surface area (Å²) >= 11 is 5.92. The zero-order valence-corrected chi connectivity index (χ0v) is 13.7. The third-order valence-corrected chi connectivity index (χ3v) is 5.25. The molecule has 22 heavy (non-hydrogen) atoms. The fourth-order valence-electron chi connectivity index (χ4n) is 3.60. The summed E-state index contributed by atoms with van der Waals surface area (Å²) in [7, 11) is 1.87. The smallest absolute Gasteiger partial charge is 0.222 e. The number of hydrogen-bond acceptors (Lipinski definition) is 3. The average Bonchev–Trinajstić information content (AvgIpc) is 2.80. The summed E-state index contributed by atoms with van der Waals surface area (Å²) in [6.45, 7) is 3.55. The van der Waals surface area contributed by atoms with Crippen molar-refractivity contribution in [3.8, 4) is 0 Å². The van der Waals surface area contributed by atoms with Crippen LogP contribution in [0.4, 0.5) is 0 Å². The first-order valence-corrected chi connectivity index (χ1v) is 8.29. The monoisotopic (exact) mass is 322 g/mol. The molecule has 2 heterocycles. The van der Waals surface area contributed by atoms with Crippen molar-refractivity contribution in [2.24, 2.45) is 5.92 Å². The predicted molar refractivity (Wildman–Crippen MR) is 86.8 cm³/mol. The molecule has 2 saturated heterocycles. The van der Waals surface area contributed by atoms with Crippen molar-refractivity contribution in [2.75, 3.05) is 33.2 Å². The minimum atomic E-state index is -0.747. The van der Waals surface area contributed by atoms with E-state index in [1.165, 1.54) is 0 Å². The van der Waals surface area contributed by atoms with Gasteiger partial charge in [0.15, 0.2) is 0 Å². The summed E-state index contributed by atoms with van der Waals surface area (Å²) < 4.78 is 0. The summed E-state index contributed by atoms with van der Waals surface area (Å²) in [6, 6.07) is 7.51. The molecule has 0 saturated carbocycles. The van der Waals surface area contributed by atoms with Gasteiger partial charge in [0.1, 0.15) is 0 Å². The number of nitrogens with zero attached hydrogens (tertiary/aromatic N) is 2. The van der Waals surface area contributed by atoms with Gasteiger partial charge in [0, 0.05) is 44.7 Å². The van der Waals surface area contributed by atoms with Crippen LogP contribution in [0.2, 0.25) is 5.02 Å². The standard InChI is InChI=1S/C17H23ClN2O2/c1-19-11-13(10-16(19)21)12-20-8-6-17(22,7-9-20)14-2-4-15(18)5-3-14/h2-5,13,22H,6-12H2,1H3. The van der Waals surface area contributed by atoms with E-state index in [1.54, 1.807) is 0 Å². The van der Waals surface area contributed by atoms with Crippen LogP contribution < -0.4 is 0 Å². The van der Waals surface area contributed by atoms with Gasteiger partial charge in [-0.15, -0.1) is 0 Å². The van der Waals surface area contributed by atoms with Crippen molar-refractivity contribution in [1.82, 2.24) is 9.80 Å². The highest BCUT2D eigenvalue weighted by Crippen LogP contribution is 2.34. The number of halogens is 1. The molecule has 1 amide bonds. The zero-order valence-electron chi connectivity index (χ0n) is 13.0. The minimum absolute atomic E-state index is 0.250. The number of carbonyl (C=O) groups is 1. The number of piperidine rings is 1. The maximum Gasteiger partial charge on any atom is 0.222 e. The van der Waals surface area contributed by atoms with Gasteiger partial charge in [-0.1, -0.05) is 23.7 Å². The van der Waals surface area contributed by atoms with Crippen LogP contribution in [0.3, 0.4) is 0 Å². The Morgan fingerprint density at radius 3 is 2.45 bits per heavy atom. The molecule has 120 valence electrons. The van der Waals surface area contributed by atoms with Gasteiger partial charge in [0.25, 0.3) is 0 Å². The number of aliphatic hydroxyl groups is 1. The highest BCUT2D eigenvalue weighted by Gasteiger charge is 2.35. The molecule has 1 unspecified atom stereocenters. The van der Waals surface area contributed by atoms with Gasteiger partial charge in [-0.3, -0.25) is 4.79 Å². The van der Waals surface area contributed by atoms with Crippen LogP contribution in [0.25, 0.3) is 0 Å². The number of carbonyl (C=O) groups excluding carboxylic acids is 1. The van der Waals surface area contributed by atoms with E-state index in [4.69, 9.17) is 11.6 Å². The van der Waals surface area contributed by atoms with Gasteiger partial charge < -0.3 is 14.9 Å². The fourth-order valence-corrected chi connectivity index (χ4v) is 3.72. The Hall–Kier alpha value is -1.10. The molecule has 0 spiro atoms. The maximum absolute atomic E-state index is 11.6. The molecule has 2 aliphatic rings. The van der Waals surface area contributed by atoms with E-state index >= 15 is 0 Å². The number of hydrogen-bond donors (Lipinski definition) is 1. The highest BCUT2D eigenvalue weighted by atomic mass is 35.5. The van der Waals surface area contributed by atoms with Crippen molar-refractivity contribution >= 4 is 17.5 Å². The summed E-state index contributed by atoms with van der Waals surface area (Å²) in [5.41, 5.74) is 0.205. The SMILES string of the molecule is CN1CC(CN2CCC(O)(c3ccc(Cl)cc3)CC2)CC1=O. The van der Waals surface area contributed by atoms with Crippen LogP contribution in [0.5, 0.6) is 0 Å². The molecule has 4 nitrogen and oxygen atoms in total. The van der Waals surface area contributed by atoms with Crippen LogP contribution in [0, 0.1) is 5.92 Å². The lowest BCUT2D eigenvalue weighted by Gasteiger charge is -2.39. The van der Waals surface area contributed by atoms with E-state index in [0.29, 0.717) is 17.4 Å². The lowest BCUT2D eigenvalue weighted by Crippen LogP contribution is -2.44. The lowest BCUT2D eigenvalue weighted by atomic mass is 9.84. The molecule has 0 aliphatic carbocycles. The van der Waals surface area contributed by atoms with E-state index in [2.05, 4.69) is 4.90 Å². The Bertz CT molecular complexity index is 538. The van der Waals surface area contributed by atoms with E-state index in [0.717, 1.165) is 44.6 Å². The summed E-state index contributed by atoms with van der Waals surface area (Å²) in [6.07, 6.45) is 2.12. The van der Waals surface area contributed by atoms with Crippen LogP contribution >= 0.6 is 11.6 Å². The third kappa shape index (κ3) is 3.29. The van der Waals surface area contributed by atoms with Gasteiger partial charge in [-0.25, -0.2) is 0 Å². The second-order valence-electron chi connectivity index (χ2n) is 6.68. The Kier molecular flexibility index (Phi) is 4.44. The number of likely N-dealkylation sites (tertiary alicyclic amines) is 2. The maximum atomic E-state index is 11.6. The van der Waals surface area contributed by atoms with Gasteiger partial charge >= 0.3 is 0 Å². The van der Waals surface area contributed by atoms with Gasteiger partial charge in [0.2, 0.25) is 5.91 Å². The number of amides is 1. The number of benzene rings is 1. The van der Waals surface area contributed by atoms with Crippen molar-refractivity contribution < 1.29 is 9.90 Å². The zero-order chi connectivity index (χ0) is 15.7. The molecule has 0 radical (unpaired) electrons. The minimum Gasteiger partial charge on any atom is -0.385 e. The molecule has 1 N–H and O–H groups in total. The first-order valence-electron chi connectivity index (χ1n) is 7.91.